The summed E-state index contributed by atoms with van der Waals surface area (Å²) in [5.74, 6) is -2.58. The summed E-state index contributed by atoms with van der Waals surface area (Å²) in [6.07, 6.45) is -17.9. The third kappa shape index (κ3) is 7.94. The van der Waals surface area contributed by atoms with E-state index in [9.17, 15) is 70.6 Å². The predicted molar refractivity (Wildman–Crippen MR) is 231 cm³/mol. The van der Waals surface area contributed by atoms with Gasteiger partial charge in [-0.25, -0.2) is 4.79 Å². The number of carboxylic acid groups (broad SMARTS) is 1. The molecule has 3 saturated heterocycles. The average Bonchev–Trinajstić information content (AvgIpc) is 3.29. The molecule has 8 aliphatic rings. The minimum absolute atomic E-state index is 0.0623. The van der Waals surface area contributed by atoms with Gasteiger partial charge in [0.2, 0.25) is 6.29 Å². The molecule has 3 aliphatic heterocycles. The molecule has 5 aliphatic carbocycles. The van der Waals surface area contributed by atoms with Crippen LogP contribution in [-0.4, -0.2) is 186 Å². The number of hydrogen-bond acceptors (Lipinski definition) is 19. The molecule has 24 atom stereocenters. The normalized spacial score (nSPS) is 53.4. The zero-order valence-electron chi connectivity index (χ0n) is 39.7. The average molecular weight is 971 g/mol. The fourth-order valence-corrected chi connectivity index (χ4v) is 14.9. The van der Waals surface area contributed by atoms with Gasteiger partial charge in [0.25, 0.3) is 0 Å². The van der Waals surface area contributed by atoms with Gasteiger partial charge in [0, 0.05) is 0 Å². The maximum atomic E-state index is 14.7. The quantitative estimate of drug-likeness (QED) is 0.0564. The van der Waals surface area contributed by atoms with Crippen molar-refractivity contribution in [1.29, 1.82) is 0 Å². The molecule has 0 bridgehead atoms. The Balaban J connectivity index is 1.04. The summed E-state index contributed by atoms with van der Waals surface area (Å²) in [5.41, 5.74) is -2.20. The molecule has 20 heteroatoms. The number of carboxylic acids is 1. The Morgan fingerprint density at radius 2 is 1.26 bits per heavy atom. The third-order valence-corrected chi connectivity index (χ3v) is 19.2. The highest BCUT2D eigenvalue weighted by Crippen LogP contribution is 2.76. The fraction of sp³-hybridized carbons (Fsp3) is 0.896. The number of hydrogen-bond donors (Lipinski definition) is 11. The van der Waals surface area contributed by atoms with Crippen LogP contribution < -0.4 is 0 Å². The van der Waals surface area contributed by atoms with Gasteiger partial charge in [-0.2, -0.15) is 0 Å². The van der Waals surface area contributed by atoms with Gasteiger partial charge < -0.3 is 89.4 Å². The first kappa shape index (κ1) is 52.1. The molecule has 4 saturated carbocycles. The summed E-state index contributed by atoms with van der Waals surface area (Å²) < 4.78 is 34.9. The molecule has 0 aromatic rings. The van der Waals surface area contributed by atoms with E-state index in [0.29, 0.717) is 57.8 Å². The zero-order chi connectivity index (χ0) is 49.8. The van der Waals surface area contributed by atoms with Gasteiger partial charge in [0.1, 0.15) is 73.4 Å². The number of esters is 1. The number of aliphatic hydroxyl groups excluding tert-OH is 10. The summed E-state index contributed by atoms with van der Waals surface area (Å²) in [6, 6.07) is 0. The Labute approximate surface area is 395 Å². The second-order valence-corrected chi connectivity index (χ2v) is 23.2. The first-order valence-electron chi connectivity index (χ1n) is 24.3. The molecule has 0 aromatic heterocycles. The SMILES string of the molecule is CC1(C)CC[C@@]2(C(=O)O[C@H]3O[C@H](CO)[C@@H](O)[C@@H](O)[C@@H]3O)CC[C@@]3(C)C(=CC[C@H]4[C@@]5(C)CC[C@H](O[C@H]6O[C@@H](C(=O)O)[C@H](O)[C@@H](O[C@@H]7O[C@@H](CO)[C@H](O)[C@@H](O)[C@@H]7O)[C@@H]6O)[C@](C)(C=O)[C@H]5CC[C@]43C)[C@H]2C1. The third-order valence-electron chi connectivity index (χ3n) is 19.2. The van der Waals surface area contributed by atoms with Crippen molar-refractivity contribution in [2.75, 3.05) is 13.2 Å². The van der Waals surface area contributed by atoms with Crippen LogP contribution in [0.1, 0.15) is 106 Å². The Kier molecular flexibility index (Phi) is 14.1. The van der Waals surface area contributed by atoms with Gasteiger partial charge in [0.05, 0.1) is 30.1 Å². The molecule has 0 spiro atoms. The number of aldehydes is 1. The van der Waals surface area contributed by atoms with Crippen molar-refractivity contribution in [1.82, 2.24) is 0 Å². The van der Waals surface area contributed by atoms with Gasteiger partial charge >= 0.3 is 11.9 Å². The predicted octanol–water partition coefficient (Wildman–Crippen LogP) is -0.588. The molecule has 8 rings (SSSR count). The lowest BCUT2D eigenvalue weighted by Crippen LogP contribution is -2.67. The number of rotatable bonds is 10. The van der Waals surface area contributed by atoms with Gasteiger partial charge in [-0.05, 0) is 104 Å². The Hall–Kier alpha value is -2.25. The molecule has 0 radical (unpaired) electrons. The summed E-state index contributed by atoms with van der Waals surface area (Å²) in [7, 11) is 0. The van der Waals surface area contributed by atoms with Crippen LogP contribution in [0.2, 0.25) is 0 Å². The van der Waals surface area contributed by atoms with Gasteiger partial charge in [-0.3, -0.25) is 4.79 Å². The van der Waals surface area contributed by atoms with E-state index in [1.165, 1.54) is 5.57 Å². The second kappa shape index (κ2) is 18.4. The van der Waals surface area contributed by atoms with Crippen LogP contribution in [0.25, 0.3) is 0 Å². The lowest BCUT2D eigenvalue weighted by molar-refractivity contribution is -0.364. The van der Waals surface area contributed by atoms with E-state index in [1.54, 1.807) is 0 Å². The molecule has 3 heterocycles. The Morgan fingerprint density at radius 1 is 0.676 bits per heavy atom. The summed E-state index contributed by atoms with van der Waals surface area (Å²) in [6.45, 7) is 11.6. The van der Waals surface area contributed by atoms with E-state index >= 15 is 0 Å². The molecule has 386 valence electrons. The van der Waals surface area contributed by atoms with Crippen molar-refractivity contribution in [2.24, 2.45) is 50.2 Å². The van der Waals surface area contributed by atoms with Crippen molar-refractivity contribution >= 4 is 18.2 Å². The Morgan fingerprint density at radius 3 is 1.87 bits per heavy atom. The molecule has 0 amide bonds. The molecule has 20 nitrogen and oxygen atoms in total. The van der Waals surface area contributed by atoms with Crippen LogP contribution in [0.5, 0.6) is 0 Å². The van der Waals surface area contributed by atoms with Crippen LogP contribution in [0.4, 0.5) is 0 Å². The summed E-state index contributed by atoms with van der Waals surface area (Å²) in [4.78, 5) is 40.7. The molecular weight excluding hydrogens is 897 g/mol. The van der Waals surface area contributed by atoms with Crippen molar-refractivity contribution in [3.63, 3.8) is 0 Å². The van der Waals surface area contributed by atoms with E-state index in [4.69, 9.17) is 28.4 Å². The van der Waals surface area contributed by atoms with E-state index in [2.05, 4.69) is 40.7 Å². The second-order valence-electron chi connectivity index (χ2n) is 23.2. The molecule has 68 heavy (non-hydrogen) atoms. The first-order valence-corrected chi connectivity index (χ1v) is 24.3. The number of carbonyl (C=O) groups is 3. The van der Waals surface area contributed by atoms with E-state index in [1.807, 2.05) is 6.92 Å². The van der Waals surface area contributed by atoms with Crippen LogP contribution in [0.15, 0.2) is 11.6 Å². The van der Waals surface area contributed by atoms with Crippen molar-refractivity contribution in [3.8, 4) is 0 Å². The number of fused-ring (bicyclic) bond motifs is 7. The number of aliphatic hydroxyl groups is 10. The van der Waals surface area contributed by atoms with Crippen LogP contribution in [0.3, 0.4) is 0 Å². The highest BCUT2D eigenvalue weighted by atomic mass is 16.7. The van der Waals surface area contributed by atoms with Crippen LogP contribution >= 0.6 is 0 Å². The van der Waals surface area contributed by atoms with E-state index < -0.39 is 140 Å². The topological polar surface area (TPSA) is 329 Å². The minimum Gasteiger partial charge on any atom is -0.479 e. The lowest BCUT2D eigenvalue weighted by atomic mass is 9.33. The Bertz CT molecular complexity index is 1930. The smallest absolute Gasteiger partial charge is 0.335 e. The van der Waals surface area contributed by atoms with Crippen molar-refractivity contribution < 1.29 is 99.0 Å². The molecule has 0 unspecified atom stereocenters. The van der Waals surface area contributed by atoms with Crippen molar-refractivity contribution in [2.45, 2.75) is 204 Å². The largest absolute Gasteiger partial charge is 0.479 e. The maximum Gasteiger partial charge on any atom is 0.335 e. The number of aliphatic carboxylic acids is 1. The monoisotopic (exact) mass is 970 g/mol. The first-order chi connectivity index (χ1) is 31.8. The van der Waals surface area contributed by atoms with E-state index in [0.717, 1.165) is 12.7 Å². The van der Waals surface area contributed by atoms with Gasteiger partial charge in [-0.15, -0.1) is 0 Å². The highest BCUT2D eigenvalue weighted by molar-refractivity contribution is 5.79. The fourth-order valence-electron chi connectivity index (χ4n) is 14.9. The minimum atomic E-state index is -2.04. The molecule has 0 aromatic carbocycles. The number of ether oxygens (including phenoxy) is 6. The van der Waals surface area contributed by atoms with E-state index in [-0.39, 0.29) is 34.0 Å². The van der Waals surface area contributed by atoms with Crippen molar-refractivity contribution in [3.05, 3.63) is 11.6 Å². The standard InChI is InChI=1S/C48H74O20/c1-43(2)13-15-48(42(62)68-40-33(57)31(55)29(53)24(19-50)64-40)16-14-46(5)21(22(48)17-43)7-8-26-44(3)11-10-27(45(4,20-51)25(44)9-12-47(26,46)6)65-41-35(59)36(34(58)37(67-41)38(60)61)66-39-32(56)30(54)28(52)23(18-49)63-39/h7,20,22-37,39-41,49-50,52-59H,8-19H2,1-6H3,(H,60,61)/t22-,23+,24-,25+,26+,27+,28+,29-,30-,31-,32+,33+,34-,35+,36-,37-,39+,40-,41+,44+,45-,46+,47-,48-/m1/s1. The van der Waals surface area contributed by atoms with Gasteiger partial charge in [0.15, 0.2) is 18.7 Å². The summed E-state index contributed by atoms with van der Waals surface area (Å²) >= 11 is 0. The zero-order valence-corrected chi connectivity index (χ0v) is 39.7. The number of carbonyl (C=O) groups excluding carboxylic acids is 2. The molecule has 7 fully saturated rings. The maximum absolute atomic E-state index is 14.7. The summed E-state index contributed by atoms with van der Waals surface area (Å²) in [5, 5.41) is 115. The molecule has 11 N–H and O–H groups in total. The number of allylic oxidation sites excluding steroid dienone is 2. The lowest BCUT2D eigenvalue weighted by Gasteiger charge is -2.71. The molecular formula is C48H74O20. The van der Waals surface area contributed by atoms with Crippen LogP contribution in [-0.2, 0) is 42.8 Å². The van der Waals surface area contributed by atoms with Gasteiger partial charge in [-0.1, -0.05) is 53.2 Å². The van der Waals surface area contributed by atoms with Crippen LogP contribution in [0, 0.1) is 50.2 Å². The highest BCUT2D eigenvalue weighted by Gasteiger charge is 2.71.